The van der Waals surface area contributed by atoms with Gasteiger partial charge in [0.25, 0.3) is 0 Å². The van der Waals surface area contributed by atoms with E-state index in [1.165, 1.54) is 17.9 Å². The molecule has 40 heavy (non-hydrogen) atoms. The number of thioether (sulfide) groups is 1. The molecule has 3 aromatic heterocycles. The van der Waals surface area contributed by atoms with Crippen LogP contribution in [0.4, 0.5) is 0 Å². The molecular weight excluding hydrogens is 542 g/mol. The summed E-state index contributed by atoms with van der Waals surface area (Å²) >= 11 is 1.73. The van der Waals surface area contributed by atoms with Gasteiger partial charge in [-0.3, -0.25) is 4.98 Å². The Morgan fingerprint density at radius 3 is 2.65 bits per heavy atom. The number of fused-ring (bicyclic) bond motifs is 2. The first-order valence-electron chi connectivity index (χ1n) is 13.4. The maximum Gasteiger partial charge on any atom is 0.239 e. The summed E-state index contributed by atoms with van der Waals surface area (Å²) in [5, 5.41) is 10.9. The van der Waals surface area contributed by atoms with Crippen LogP contribution in [0.1, 0.15) is 23.2 Å². The first-order chi connectivity index (χ1) is 19.4. The van der Waals surface area contributed by atoms with Gasteiger partial charge in [-0.25, -0.2) is 8.42 Å². The van der Waals surface area contributed by atoms with E-state index in [0.717, 1.165) is 83.4 Å². The molecule has 0 unspecified atom stereocenters. The molecule has 0 saturated carbocycles. The highest BCUT2D eigenvalue weighted by molar-refractivity contribution is 7.99. The Hall–Kier alpha value is -3.47. The Morgan fingerprint density at radius 2 is 1.82 bits per heavy atom. The van der Waals surface area contributed by atoms with E-state index in [1.807, 2.05) is 38.2 Å². The van der Waals surface area contributed by atoms with Crippen LogP contribution in [0.15, 0.2) is 86.5 Å². The van der Waals surface area contributed by atoms with E-state index in [-0.39, 0.29) is 5.09 Å². The van der Waals surface area contributed by atoms with Crippen LogP contribution >= 0.6 is 11.8 Å². The van der Waals surface area contributed by atoms with Crippen molar-refractivity contribution in [3.05, 3.63) is 83.7 Å². The molecule has 1 aliphatic rings. The van der Waals surface area contributed by atoms with E-state index in [0.29, 0.717) is 4.90 Å². The second kappa shape index (κ2) is 11.2. The molecule has 5 aromatic rings. The molecule has 0 aliphatic carbocycles. The average Bonchev–Trinajstić information content (AvgIpc) is 3.58. The van der Waals surface area contributed by atoms with E-state index >= 15 is 0 Å². The Kier molecular flexibility index (Phi) is 7.48. The number of pyridine rings is 1. The number of nitrogens with zero attached hydrogens (tertiary/aromatic N) is 5. The molecule has 206 valence electrons. The fourth-order valence-corrected chi connectivity index (χ4v) is 7.23. The second-order valence-corrected chi connectivity index (χ2v) is 13.1. The Morgan fingerprint density at radius 1 is 0.975 bits per heavy atom. The summed E-state index contributed by atoms with van der Waals surface area (Å²) in [6.45, 7) is 4.86. The number of aromatic nitrogens is 4. The van der Waals surface area contributed by atoms with Crippen molar-refractivity contribution in [1.82, 2.24) is 24.6 Å². The predicted molar refractivity (Wildman–Crippen MR) is 156 cm³/mol. The summed E-state index contributed by atoms with van der Waals surface area (Å²) in [7, 11) is -1.61. The maximum atomic E-state index is 12.9. The van der Waals surface area contributed by atoms with Crippen molar-refractivity contribution in [3.63, 3.8) is 0 Å². The van der Waals surface area contributed by atoms with Gasteiger partial charge in [0.05, 0.1) is 16.7 Å². The van der Waals surface area contributed by atoms with E-state index in [2.05, 4.69) is 42.8 Å². The number of hydrogen-bond donors (Lipinski definition) is 0. The third-order valence-corrected chi connectivity index (χ3v) is 10.2. The summed E-state index contributed by atoms with van der Waals surface area (Å²) in [5.41, 5.74) is 5.35. The lowest BCUT2D eigenvalue weighted by atomic mass is 10.0. The molecule has 0 amide bonds. The number of rotatable bonds is 8. The monoisotopic (exact) mass is 573 g/mol. The van der Waals surface area contributed by atoms with Crippen molar-refractivity contribution >= 4 is 32.5 Å². The van der Waals surface area contributed by atoms with Gasteiger partial charge < -0.3 is 13.9 Å². The van der Waals surface area contributed by atoms with Crippen LogP contribution in [0, 0.1) is 6.92 Å². The average molecular weight is 574 g/mol. The van der Waals surface area contributed by atoms with E-state index in [9.17, 15) is 8.42 Å². The fraction of sp³-hybridized carbons (Fsp3) is 0.300. The van der Waals surface area contributed by atoms with Gasteiger partial charge in [0.1, 0.15) is 0 Å². The summed E-state index contributed by atoms with van der Waals surface area (Å²) < 4.78 is 33.0. The normalized spacial score (nSPS) is 14.3. The molecule has 4 heterocycles. The zero-order valence-electron chi connectivity index (χ0n) is 22.6. The first-order valence-corrected chi connectivity index (χ1v) is 15.9. The third-order valence-electron chi connectivity index (χ3n) is 7.41. The van der Waals surface area contributed by atoms with Gasteiger partial charge in [-0.2, -0.15) is 0 Å². The number of benzene rings is 2. The molecule has 0 N–H and O–H groups in total. The van der Waals surface area contributed by atoms with E-state index in [1.54, 1.807) is 23.9 Å². The highest BCUT2D eigenvalue weighted by Crippen LogP contribution is 2.27. The van der Waals surface area contributed by atoms with Gasteiger partial charge in [-0.05, 0) is 92.4 Å². The van der Waals surface area contributed by atoms with Crippen LogP contribution in [0.25, 0.3) is 22.3 Å². The standard InChI is InChI=1S/C30H31N5O3S2/c1-21-6-7-24-19-25(9-11-27(24)31-21)29-32-33-30(34(29)2)39-18-4-14-35-15-12-22-8-10-26(20-23(22)13-16-35)40(36,37)28-5-3-17-38-28/h3,5-11,17,19-20H,4,12-16,18H2,1-2H3. The van der Waals surface area contributed by atoms with Crippen LogP contribution in [0.2, 0.25) is 0 Å². The van der Waals surface area contributed by atoms with Crippen molar-refractivity contribution in [2.24, 2.45) is 7.05 Å². The second-order valence-electron chi connectivity index (χ2n) is 10.1. The number of aryl methyl sites for hydroxylation is 1. The van der Waals surface area contributed by atoms with E-state index < -0.39 is 9.84 Å². The quantitative estimate of drug-likeness (QED) is 0.181. The molecule has 0 bridgehead atoms. The van der Waals surface area contributed by atoms with Gasteiger partial charge in [-0.15, -0.1) is 10.2 Å². The van der Waals surface area contributed by atoms with Crippen molar-refractivity contribution in [2.45, 2.75) is 41.3 Å². The fourth-order valence-electron chi connectivity index (χ4n) is 5.18. The van der Waals surface area contributed by atoms with Crippen molar-refractivity contribution in [1.29, 1.82) is 0 Å². The summed E-state index contributed by atoms with van der Waals surface area (Å²) in [6.07, 6.45) is 4.16. The largest absolute Gasteiger partial charge is 0.453 e. The van der Waals surface area contributed by atoms with Gasteiger partial charge in [0.2, 0.25) is 14.9 Å². The smallest absolute Gasteiger partial charge is 0.239 e. The van der Waals surface area contributed by atoms with Gasteiger partial charge in [0, 0.05) is 42.5 Å². The molecule has 6 rings (SSSR count). The molecule has 2 aromatic carbocycles. The van der Waals surface area contributed by atoms with Crippen molar-refractivity contribution in [3.8, 4) is 11.4 Å². The zero-order valence-corrected chi connectivity index (χ0v) is 24.2. The first kappa shape index (κ1) is 26.7. The zero-order chi connectivity index (χ0) is 27.7. The Balaban J connectivity index is 1.03. The SMILES string of the molecule is Cc1ccc2cc(-c3nnc(SCCCN4CCc5ccc(S(=O)(=O)c6ccco6)cc5CC4)n3C)ccc2n1. The summed E-state index contributed by atoms with van der Waals surface area (Å²) in [6, 6.07) is 18.9. The lowest BCUT2D eigenvalue weighted by Crippen LogP contribution is -2.27. The van der Waals surface area contributed by atoms with Crippen LogP contribution in [0.3, 0.4) is 0 Å². The molecule has 0 atom stereocenters. The minimum atomic E-state index is -3.63. The molecule has 10 heteroatoms. The van der Waals surface area contributed by atoms with Crippen molar-refractivity contribution in [2.75, 3.05) is 25.4 Å². The van der Waals surface area contributed by atoms with Crippen LogP contribution in [0.5, 0.6) is 0 Å². The molecule has 1 aliphatic heterocycles. The number of sulfone groups is 1. The number of furan rings is 1. The predicted octanol–water partition coefficient (Wildman–Crippen LogP) is 5.35. The van der Waals surface area contributed by atoms with Crippen LogP contribution < -0.4 is 0 Å². The lowest BCUT2D eigenvalue weighted by Gasteiger charge is -2.19. The van der Waals surface area contributed by atoms with Gasteiger partial charge in [0.15, 0.2) is 11.0 Å². The highest BCUT2D eigenvalue weighted by Gasteiger charge is 2.23. The summed E-state index contributed by atoms with van der Waals surface area (Å²) in [4.78, 5) is 7.35. The third kappa shape index (κ3) is 5.43. The molecular formula is C30H31N5O3S2. The molecule has 0 saturated heterocycles. The topological polar surface area (TPSA) is 94.1 Å². The Labute approximate surface area is 238 Å². The van der Waals surface area contributed by atoms with E-state index in [4.69, 9.17) is 4.42 Å². The Bertz CT molecular complexity index is 1760. The van der Waals surface area contributed by atoms with Gasteiger partial charge >= 0.3 is 0 Å². The number of hydrogen-bond acceptors (Lipinski definition) is 8. The molecule has 8 nitrogen and oxygen atoms in total. The van der Waals surface area contributed by atoms with Crippen LogP contribution in [-0.4, -0.2) is 58.5 Å². The molecule has 0 spiro atoms. The highest BCUT2D eigenvalue weighted by atomic mass is 32.2. The van der Waals surface area contributed by atoms with Crippen LogP contribution in [-0.2, 0) is 29.7 Å². The molecule has 0 radical (unpaired) electrons. The molecule has 0 fully saturated rings. The minimum Gasteiger partial charge on any atom is -0.453 e. The minimum absolute atomic E-state index is 0.0140. The maximum absolute atomic E-state index is 12.9. The van der Waals surface area contributed by atoms with Crippen molar-refractivity contribution < 1.29 is 12.8 Å². The summed E-state index contributed by atoms with van der Waals surface area (Å²) in [5.74, 6) is 1.80. The van der Waals surface area contributed by atoms with Gasteiger partial charge in [-0.1, -0.05) is 23.9 Å². The lowest BCUT2D eigenvalue weighted by molar-refractivity contribution is 0.289.